The van der Waals surface area contributed by atoms with Gasteiger partial charge < -0.3 is 14.2 Å². The molecule has 2 aromatic rings. The Balaban J connectivity index is 1.53. The summed E-state index contributed by atoms with van der Waals surface area (Å²) in [6.07, 6.45) is 6.62. The van der Waals surface area contributed by atoms with Crippen molar-refractivity contribution in [2.45, 2.75) is 18.9 Å². The monoisotopic (exact) mass is 273 g/mol. The molecule has 0 N–H and O–H groups in total. The summed E-state index contributed by atoms with van der Waals surface area (Å²) in [5.74, 6) is 0.950. The van der Waals surface area contributed by atoms with Crippen LogP contribution in [0.5, 0.6) is 5.75 Å². The number of likely N-dealkylation sites (tertiary alicyclic amines) is 1. The number of carbonyl (C=O) groups excluding carboxylic acids is 1. The summed E-state index contributed by atoms with van der Waals surface area (Å²) in [6.45, 7) is 1.31. The van der Waals surface area contributed by atoms with Crippen LogP contribution in [0.2, 0.25) is 0 Å². The smallest absolute Gasteiger partial charge is 0.292 e. The minimum Gasteiger partial charge on any atom is -0.489 e. The normalized spacial score (nSPS) is 16.1. The second-order valence-corrected chi connectivity index (χ2v) is 4.67. The van der Waals surface area contributed by atoms with E-state index in [0.29, 0.717) is 13.1 Å². The molecule has 6 heteroatoms. The van der Waals surface area contributed by atoms with Gasteiger partial charge in [0.1, 0.15) is 11.9 Å². The Labute approximate surface area is 116 Å². The third-order valence-electron chi connectivity index (χ3n) is 3.31. The van der Waals surface area contributed by atoms with E-state index in [9.17, 15) is 4.79 Å². The van der Waals surface area contributed by atoms with Gasteiger partial charge in [-0.05, 0) is 12.1 Å². The second kappa shape index (κ2) is 5.73. The molecule has 0 spiro atoms. The second-order valence-electron chi connectivity index (χ2n) is 4.67. The molecule has 0 bridgehead atoms. The number of nitrogens with zero attached hydrogens (tertiary/aromatic N) is 3. The molecule has 104 valence electrons. The third-order valence-corrected chi connectivity index (χ3v) is 3.31. The highest BCUT2D eigenvalue weighted by atomic mass is 16.5. The van der Waals surface area contributed by atoms with Crippen LogP contribution in [-0.2, 0) is 0 Å². The van der Waals surface area contributed by atoms with Gasteiger partial charge in [0, 0.05) is 38.2 Å². The molecule has 1 amide bonds. The molecule has 0 aromatic carbocycles. The Morgan fingerprint density at radius 2 is 2.15 bits per heavy atom. The highest BCUT2D eigenvalue weighted by Crippen LogP contribution is 2.19. The zero-order chi connectivity index (χ0) is 13.8. The highest BCUT2D eigenvalue weighted by molar-refractivity contribution is 5.91. The number of pyridine rings is 1. The van der Waals surface area contributed by atoms with Crippen molar-refractivity contribution in [1.29, 1.82) is 0 Å². The van der Waals surface area contributed by atoms with E-state index in [1.807, 2.05) is 12.1 Å². The van der Waals surface area contributed by atoms with Gasteiger partial charge in [-0.2, -0.15) is 0 Å². The maximum absolute atomic E-state index is 12.1. The van der Waals surface area contributed by atoms with E-state index in [1.165, 1.54) is 6.20 Å². The number of ether oxygens (including phenoxy) is 1. The van der Waals surface area contributed by atoms with Crippen molar-refractivity contribution in [3.05, 3.63) is 42.5 Å². The van der Waals surface area contributed by atoms with Crippen LogP contribution < -0.4 is 4.74 Å². The molecule has 1 aliphatic rings. The molecule has 3 rings (SSSR count). The van der Waals surface area contributed by atoms with Crippen molar-refractivity contribution in [2.75, 3.05) is 13.1 Å². The zero-order valence-electron chi connectivity index (χ0n) is 10.9. The minimum absolute atomic E-state index is 0.109. The van der Waals surface area contributed by atoms with E-state index in [-0.39, 0.29) is 17.8 Å². The van der Waals surface area contributed by atoms with Crippen molar-refractivity contribution in [3.8, 4) is 5.75 Å². The van der Waals surface area contributed by atoms with Crippen molar-refractivity contribution in [3.63, 3.8) is 0 Å². The Morgan fingerprint density at radius 1 is 1.30 bits per heavy atom. The molecular formula is C14H15N3O3. The van der Waals surface area contributed by atoms with Crippen molar-refractivity contribution in [1.82, 2.24) is 15.0 Å². The first-order chi connectivity index (χ1) is 9.83. The number of amides is 1. The predicted octanol–water partition coefficient (Wildman–Crippen LogP) is 1.75. The lowest BCUT2D eigenvalue weighted by Gasteiger charge is -2.31. The largest absolute Gasteiger partial charge is 0.489 e. The molecule has 1 fully saturated rings. The summed E-state index contributed by atoms with van der Waals surface area (Å²) >= 11 is 0. The summed E-state index contributed by atoms with van der Waals surface area (Å²) in [4.78, 5) is 17.9. The van der Waals surface area contributed by atoms with Gasteiger partial charge in [0.25, 0.3) is 5.91 Å². The average Bonchev–Trinajstić information content (AvgIpc) is 3.03. The van der Waals surface area contributed by atoms with E-state index in [2.05, 4.69) is 10.1 Å². The summed E-state index contributed by atoms with van der Waals surface area (Å²) in [6, 6.07) is 5.32. The fourth-order valence-corrected chi connectivity index (χ4v) is 2.27. The lowest BCUT2D eigenvalue weighted by atomic mass is 10.1. The molecule has 1 saturated heterocycles. The summed E-state index contributed by atoms with van der Waals surface area (Å²) in [5, 5.41) is 3.55. The summed E-state index contributed by atoms with van der Waals surface area (Å²) in [5.41, 5.74) is 0. The Hall–Kier alpha value is -2.37. The molecule has 20 heavy (non-hydrogen) atoms. The van der Waals surface area contributed by atoms with Gasteiger partial charge in [-0.1, -0.05) is 5.16 Å². The van der Waals surface area contributed by atoms with Gasteiger partial charge in [0.05, 0.1) is 12.4 Å². The number of rotatable bonds is 3. The molecule has 3 heterocycles. The van der Waals surface area contributed by atoms with Crippen molar-refractivity contribution < 1.29 is 14.1 Å². The number of hydrogen-bond donors (Lipinski definition) is 0. The minimum atomic E-state index is -0.109. The highest BCUT2D eigenvalue weighted by Gasteiger charge is 2.26. The number of hydrogen-bond acceptors (Lipinski definition) is 5. The first-order valence-corrected chi connectivity index (χ1v) is 6.59. The molecule has 2 aromatic heterocycles. The van der Waals surface area contributed by atoms with Crippen LogP contribution in [-0.4, -0.2) is 40.1 Å². The van der Waals surface area contributed by atoms with E-state index in [0.717, 1.165) is 18.6 Å². The van der Waals surface area contributed by atoms with E-state index < -0.39 is 0 Å². The topological polar surface area (TPSA) is 68.5 Å². The molecule has 0 aliphatic carbocycles. The van der Waals surface area contributed by atoms with Gasteiger partial charge in [-0.25, -0.2) is 0 Å². The number of carbonyl (C=O) groups is 1. The maximum atomic E-state index is 12.1. The molecule has 0 radical (unpaired) electrons. The van der Waals surface area contributed by atoms with Gasteiger partial charge in [0.2, 0.25) is 5.76 Å². The van der Waals surface area contributed by atoms with Crippen molar-refractivity contribution >= 4 is 5.91 Å². The van der Waals surface area contributed by atoms with Crippen LogP contribution in [0, 0.1) is 0 Å². The van der Waals surface area contributed by atoms with Crippen LogP contribution in [0.4, 0.5) is 0 Å². The zero-order valence-corrected chi connectivity index (χ0v) is 10.9. The third kappa shape index (κ3) is 2.79. The van der Waals surface area contributed by atoms with Crippen LogP contribution in [0.1, 0.15) is 23.4 Å². The fourth-order valence-electron chi connectivity index (χ4n) is 2.27. The molecule has 0 saturated carbocycles. The average molecular weight is 273 g/mol. The van der Waals surface area contributed by atoms with E-state index >= 15 is 0 Å². The molecular weight excluding hydrogens is 258 g/mol. The van der Waals surface area contributed by atoms with E-state index in [4.69, 9.17) is 9.26 Å². The van der Waals surface area contributed by atoms with Gasteiger partial charge in [-0.3, -0.25) is 9.78 Å². The first kappa shape index (κ1) is 12.7. The fraction of sp³-hybridized carbons (Fsp3) is 0.357. The van der Waals surface area contributed by atoms with Crippen molar-refractivity contribution in [2.24, 2.45) is 0 Å². The maximum Gasteiger partial charge on any atom is 0.292 e. The summed E-state index contributed by atoms with van der Waals surface area (Å²) in [7, 11) is 0. The van der Waals surface area contributed by atoms with Crippen LogP contribution in [0.25, 0.3) is 0 Å². The van der Waals surface area contributed by atoms with E-state index in [1.54, 1.807) is 23.4 Å². The molecule has 6 nitrogen and oxygen atoms in total. The number of piperidine rings is 1. The molecule has 0 unspecified atom stereocenters. The van der Waals surface area contributed by atoms with Crippen LogP contribution in [0.15, 0.2) is 41.3 Å². The summed E-state index contributed by atoms with van der Waals surface area (Å²) < 4.78 is 10.7. The first-order valence-electron chi connectivity index (χ1n) is 6.59. The van der Waals surface area contributed by atoms with Gasteiger partial charge in [0.15, 0.2) is 0 Å². The Morgan fingerprint density at radius 3 is 2.80 bits per heavy atom. The standard InChI is InChI=1S/C14H15N3O3/c18-14(13-3-7-16-20-13)17-8-4-11(5-9-17)19-12-2-1-6-15-10-12/h1-3,6-7,10-11H,4-5,8-9H2. The van der Waals surface area contributed by atoms with Gasteiger partial charge in [-0.15, -0.1) is 0 Å². The number of aromatic nitrogens is 2. The quantitative estimate of drug-likeness (QED) is 0.852. The SMILES string of the molecule is O=C(c1ccno1)N1CCC(Oc2cccnc2)CC1. The van der Waals surface area contributed by atoms with Crippen LogP contribution >= 0.6 is 0 Å². The Kier molecular flexibility index (Phi) is 3.62. The predicted molar refractivity (Wildman–Crippen MR) is 70.3 cm³/mol. The molecule has 1 aliphatic heterocycles. The van der Waals surface area contributed by atoms with Gasteiger partial charge >= 0.3 is 0 Å². The lowest BCUT2D eigenvalue weighted by Crippen LogP contribution is -2.41. The Bertz CT molecular complexity index is 548. The van der Waals surface area contributed by atoms with Crippen LogP contribution in [0.3, 0.4) is 0 Å². The molecule has 0 atom stereocenters. The lowest BCUT2D eigenvalue weighted by molar-refractivity contribution is 0.0557.